The second kappa shape index (κ2) is 4.37. The maximum absolute atomic E-state index is 5.22. The van der Waals surface area contributed by atoms with Crippen LogP contribution in [0.25, 0.3) is 22.8 Å². The Morgan fingerprint density at radius 3 is 2.56 bits per heavy atom. The molecule has 0 saturated carbocycles. The minimum Gasteiger partial charge on any atom is -0.472 e. The SMILES string of the molecule is CNc1ccc(-c2nc(-c3ccoc3)no2)cc1. The van der Waals surface area contributed by atoms with Crippen LogP contribution in [-0.2, 0) is 0 Å². The number of hydrogen-bond acceptors (Lipinski definition) is 5. The Kier molecular flexibility index (Phi) is 2.57. The van der Waals surface area contributed by atoms with Crippen LogP contribution in [0.3, 0.4) is 0 Å². The molecule has 0 aliphatic heterocycles. The predicted molar refractivity (Wildman–Crippen MR) is 67.0 cm³/mol. The molecule has 0 amide bonds. The number of rotatable bonds is 3. The standard InChI is InChI=1S/C13H11N3O2/c1-14-11-4-2-9(3-5-11)13-15-12(16-18-13)10-6-7-17-8-10/h2-8,14H,1H3. The van der Waals surface area contributed by atoms with E-state index in [4.69, 9.17) is 8.94 Å². The quantitative estimate of drug-likeness (QED) is 0.763. The zero-order valence-electron chi connectivity index (χ0n) is 9.75. The molecule has 90 valence electrons. The Labute approximate surface area is 103 Å². The van der Waals surface area contributed by atoms with Crippen LogP contribution in [0.1, 0.15) is 0 Å². The van der Waals surface area contributed by atoms with Crippen LogP contribution in [0.2, 0.25) is 0 Å². The maximum Gasteiger partial charge on any atom is 0.258 e. The summed E-state index contributed by atoms with van der Waals surface area (Å²) in [5, 5.41) is 6.97. The third-order valence-corrected chi connectivity index (χ3v) is 2.63. The van der Waals surface area contributed by atoms with Gasteiger partial charge in [-0.3, -0.25) is 0 Å². The van der Waals surface area contributed by atoms with E-state index in [2.05, 4.69) is 15.5 Å². The van der Waals surface area contributed by atoms with Gasteiger partial charge in [-0.25, -0.2) is 0 Å². The molecular formula is C13H11N3O2. The first-order valence-corrected chi connectivity index (χ1v) is 5.51. The highest BCUT2D eigenvalue weighted by atomic mass is 16.5. The van der Waals surface area contributed by atoms with Gasteiger partial charge in [-0.1, -0.05) is 5.16 Å². The number of aromatic nitrogens is 2. The average Bonchev–Trinajstić information content (AvgIpc) is 3.09. The van der Waals surface area contributed by atoms with E-state index >= 15 is 0 Å². The Balaban J connectivity index is 1.92. The smallest absolute Gasteiger partial charge is 0.258 e. The summed E-state index contributed by atoms with van der Waals surface area (Å²) in [4.78, 5) is 4.32. The fraction of sp³-hybridized carbons (Fsp3) is 0.0769. The van der Waals surface area contributed by atoms with Gasteiger partial charge in [0.1, 0.15) is 6.26 Å². The number of hydrogen-bond donors (Lipinski definition) is 1. The number of anilines is 1. The molecule has 0 spiro atoms. The summed E-state index contributed by atoms with van der Waals surface area (Å²) in [6.45, 7) is 0. The molecule has 1 N–H and O–H groups in total. The third-order valence-electron chi connectivity index (χ3n) is 2.63. The lowest BCUT2D eigenvalue weighted by Crippen LogP contribution is -1.86. The first-order chi connectivity index (χ1) is 8.86. The van der Waals surface area contributed by atoms with E-state index in [1.54, 1.807) is 18.6 Å². The van der Waals surface area contributed by atoms with Crippen LogP contribution < -0.4 is 5.32 Å². The van der Waals surface area contributed by atoms with Crippen molar-refractivity contribution in [3.05, 3.63) is 42.9 Å². The minimum atomic E-state index is 0.494. The van der Waals surface area contributed by atoms with E-state index in [-0.39, 0.29) is 0 Å². The Hall–Kier alpha value is -2.56. The average molecular weight is 241 g/mol. The Bertz CT molecular complexity index is 627. The van der Waals surface area contributed by atoms with Gasteiger partial charge in [-0.2, -0.15) is 4.98 Å². The molecule has 18 heavy (non-hydrogen) atoms. The fourth-order valence-corrected chi connectivity index (χ4v) is 1.63. The van der Waals surface area contributed by atoms with Gasteiger partial charge in [-0.15, -0.1) is 0 Å². The molecule has 2 aromatic heterocycles. The van der Waals surface area contributed by atoms with Gasteiger partial charge in [0.25, 0.3) is 5.89 Å². The summed E-state index contributed by atoms with van der Waals surface area (Å²) in [7, 11) is 1.87. The van der Waals surface area contributed by atoms with E-state index in [1.807, 2.05) is 31.3 Å². The van der Waals surface area contributed by atoms with Crippen LogP contribution in [0.5, 0.6) is 0 Å². The van der Waals surface area contributed by atoms with Crippen LogP contribution >= 0.6 is 0 Å². The summed E-state index contributed by atoms with van der Waals surface area (Å²) in [6, 6.07) is 9.56. The highest BCUT2D eigenvalue weighted by Crippen LogP contribution is 2.23. The van der Waals surface area contributed by atoms with Gasteiger partial charge < -0.3 is 14.3 Å². The van der Waals surface area contributed by atoms with Crippen LogP contribution in [0.4, 0.5) is 5.69 Å². The van der Waals surface area contributed by atoms with Crippen molar-refractivity contribution in [1.82, 2.24) is 10.1 Å². The summed E-state index contributed by atoms with van der Waals surface area (Å²) < 4.78 is 10.2. The first-order valence-electron chi connectivity index (χ1n) is 5.51. The highest BCUT2D eigenvalue weighted by molar-refractivity contribution is 5.61. The molecule has 3 rings (SSSR count). The number of furan rings is 1. The Morgan fingerprint density at radius 1 is 1.06 bits per heavy atom. The lowest BCUT2D eigenvalue weighted by molar-refractivity contribution is 0.432. The molecule has 2 heterocycles. The molecule has 0 fully saturated rings. The minimum absolute atomic E-state index is 0.494. The molecule has 3 aromatic rings. The van der Waals surface area contributed by atoms with E-state index in [9.17, 15) is 0 Å². The van der Waals surface area contributed by atoms with Crippen molar-refractivity contribution in [2.75, 3.05) is 12.4 Å². The molecule has 1 aromatic carbocycles. The summed E-state index contributed by atoms with van der Waals surface area (Å²) in [5.74, 6) is 1.02. The van der Waals surface area contributed by atoms with Crippen molar-refractivity contribution in [2.45, 2.75) is 0 Å². The molecule has 5 heteroatoms. The molecule has 0 bridgehead atoms. The molecule has 0 aliphatic rings. The van der Waals surface area contributed by atoms with E-state index in [0.29, 0.717) is 11.7 Å². The highest BCUT2D eigenvalue weighted by Gasteiger charge is 2.10. The second-order valence-corrected chi connectivity index (χ2v) is 3.76. The van der Waals surface area contributed by atoms with E-state index in [1.165, 1.54) is 0 Å². The summed E-state index contributed by atoms with van der Waals surface area (Å²) in [6.07, 6.45) is 3.16. The third kappa shape index (κ3) is 1.86. The number of nitrogens with zero attached hydrogens (tertiary/aromatic N) is 2. The van der Waals surface area contributed by atoms with Crippen LogP contribution in [0, 0.1) is 0 Å². The van der Waals surface area contributed by atoms with E-state index in [0.717, 1.165) is 16.8 Å². The summed E-state index contributed by atoms with van der Waals surface area (Å²) in [5.41, 5.74) is 2.72. The molecule has 0 atom stereocenters. The van der Waals surface area contributed by atoms with Crippen molar-refractivity contribution in [1.29, 1.82) is 0 Å². The van der Waals surface area contributed by atoms with Gasteiger partial charge in [0.15, 0.2) is 0 Å². The number of benzene rings is 1. The van der Waals surface area contributed by atoms with Gasteiger partial charge >= 0.3 is 0 Å². The van der Waals surface area contributed by atoms with Crippen molar-refractivity contribution in [2.24, 2.45) is 0 Å². The lowest BCUT2D eigenvalue weighted by Gasteiger charge is -1.99. The van der Waals surface area contributed by atoms with Crippen molar-refractivity contribution in [3.63, 3.8) is 0 Å². The van der Waals surface area contributed by atoms with E-state index < -0.39 is 0 Å². The van der Waals surface area contributed by atoms with Crippen molar-refractivity contribution < 1.29 is 8.94 Å². The van der Waals surface area contributed by atoms with Crippen LogP contribution in [0.15, 0.2) is 51.8 Å². The van der Waals surface area contributed by atoms with Crippen molar-refractivity contribution in [3.8, 4) is 22.8 Å². The fourth-order valence-electron chi connectivity index (χ4n) is 1.63. The monoisotopic (exact) mass is 241 g/mol. The summed E-state index contributed by atoms with van der Waals surface area (Å²) >= 11 is 0. The molecule has 0 radical (unpaired) electrons. The van der Waals surface area contributed by atoms with Crippen LogP contribution in [-0.4, -0.2) is 17.2 Å². The largest absolute Gasteiger partial charge is 0.472 e. The predicted octanol–water partition coefficient (Wildman–Crippen LogP) is 3.04. The van der Waals surface area contributed by atoms with Gasteiger partial charge in [0.05, 0.1) is 11.8 Å². The van der Waals surface area contributed by atoms with Gasteiger partial charge in [0, 0.05) is 18.3 Å². The topological polar surface area (TPSA) is 64.1 Å². The zero-order valence-corrected chi connectivity index (χ0v) is 9.75. The molecule has 0 aliphatic carbocycles. The first kappa shape index (κ1) is 10.6. The molecule has 5 nitrogen and oxygen atoms in total. The second-order valence-electron chi connectivity index (χ2n) is 3.76. The normalized spacial score (nSPS) is 10.5. The van der Waals surface area contributed by atoms with Gasteiger partial charge in [-0.05, 0) is 30.3 Å². The lowest BCUT2D eigenvalue weighted by atomic mass is 10.2. The van der Waals surface area contributed by atoms with Crippen molar-refractivity contribution >= 4 is 5.69 Å². The molecule has 0 unspecified atom stereocenters. The molecular weight excluding hydrogens is 230 g/mol. The van der Waals surface area contributed by atoms with Gasteiger partial charge in [0.2, 0.25) is 5.82 Å². The Morgan fingerprint density at radius 2 is 1.89 bits per heavy atom. The zero-order chi connectivity index (χ0) is 12.4. The number of nitrogens with one attached hydrogen (secondary N) is 1. The maximum atomic E-state index is 5.22. The molecule has 0 saturated heterocycles.